The van der Waals surface area contributed by atoms with Crippen molar-refractivity contribution in [2.24, 2.45) is 0 Å². The minimum absolute atomic E-state index is 0.848. The van der Waals surface area contributed by atoms with Crippen LogP contribution in [-0.4, -0.2) is 16.5 Å². The van der Waals surface area contributed by atoms with Gasteiger partial charge in [0.2, 0.25) is 0 Å². The van der Waals surface area contributed by atoms with Crippen molar-refractivity contribution in [3.63, 3.8) is 0 Å². The maximum Gasteiger partial charge on any atom is 0.110 e. The smallest absolute Gasteiger partial charge is 0.110 e. The summed E-state index contributed by atoms with van der Waals surface area (Å²) in [6.45, 7) is 4.07. The number of aromatic nitrogens is 2. The molecule has 0 aliphatic carbocycles. The van der Waals surface area contributed by atoms with Crippen molar-refractivity contribution in [2.45, 2.75) is 26.3 Å². The third-order valence-electron chi connectivity index (χ3n) is 2.71. The zero-order chi connectivity index (χ0) is 12.8. The highest BCUT2D eigenvalue weighted by atomic mass is 79.9. The van der Waals surface area contributed by atoms with Crippen LogP contribution in [0.1, 0.15) is 30.4 Å². The number of benzene rings is 1. The monoisotopic (exact) mass is 307 g/mol. The zero-order valence-electron chi connectivity index (χ0n) is 10.5. The Morgan fingerprint density at radius 1 is 1.28 bits per heavy atom. The minimum Gasteiger partial charge on any atom is -0.345 e. The van der Waals surface area contributed by atoms with Crippen molar-refractivity contribution in [3.05, 3.63) is 52.0 Å². The Bertz CT molecular complexity index is 476. The van der Waals surface area contributed by atoms with Crippen LogP contribution in [-0.2, 0) is 13.0 Å². The molecule has 1 heterocycles. The average molecular weight is 308 g/mol. The number of halogens is 1. The summed E-state index contributed by atoms with van der Waals surface area (Å²) in [5.74, 6) is 1.02. The molecule has 3 nitrogen and oxygen atoms in total. The van der Waals surface area contributed by atoms with Gasteiger partial charge in [-0.15, -0.1) is 0 Å². The lowest BCUT2D eigenvalue weighted by molar-refractivity contribution is 0.665. The summed E-state index contributed by atoms with van der Waals surface area (Å²) < 4.78 is 1.11. The van der Waals surface area contributed by atoms with Gasteiger partial charge >= 0.3 is 0 Å². The molecule has 0 amide bonds. The number of nitrogens with zero attached hydrogens (tertiary/aromatic N) is 1. The Balaban J connectivity index is 1.91. The molecule has 1 aromatic heterocycles. The fourth-order valence-electron chi connectivity index (χ4n) is 1.78. The van der Waals surface area contributed by atoms with Gasteiger partial charge in [-0.1, -0.05) is 35.0 Å². The first-order chi connectivity index (χ1) is 8.78. The molecular weight excluding hydrogens is 290 g/mol. The molecule has 4 heteroatoms. The highest BCUT2D eigenvalue weighted by Gasteiger charge is 2.02. The summed E-state index contributed by atoms with van der Waals surface area (Å²) in [5, 5.41) is 3.36. The number of hydrogen-bond donors (Lipinski definition) is 2. The van der Waals surface area contributed by atoms with E-state index in [0.29, 0.717) is 0 Å². The molecule has 0 spiro atoms. The van der Waals surface area contributed by atoms with Crippen molar-refractivity contribution >= 4 is 15.9 Å². The molecule has 0 fully saturated rings. The van der Waals surface area contributed by atoms with Gasteiger partial charge in [0.05, 0.1) is 0 Å². The van der Waals surface area contributed by atoms with E-state index in [1.165, 1.54) is 5.56 Å². The second-order valence-corrected chi connectivity index (χ2v) is 5.25. The molecule has 0 unspecified atom stereocenters. The van der Waals surface area contributed by atoms with Gasteiger partial charge < -0.3 is 10.3 Å². The summed E-state index contributed by atoms with van der Waals surface area (Å²) in [6, 6.07) is 8.34. The predicted molar refractivity (Wildman–Crippen MR) is 77.5 cm³/mol. The number of H-pyrrole nitrogens is 1. The number of imidazole rings is 1. The predicted octanol–water partition coefficient (Wildman–Crippen LogP) is 3.26. The van der Waals surface area contributed by atoms with E-state index in [-0.39, 0.29) is 0 Å². The molecule has 0 atom stereocenters. The molecule has 0 aliphatic rings. The van der Waals surface area contributed by atoms with Gasteiger partial charge in [-0.3, -0.25) is 0 Å². The van der Waals surface area contributed by atoms with Crippen LogP contribution in [0.25, 0.3) is 0 Å². The normalized spacial score (nSPS) is 10.8. The highest BCUT2D eigenvalue weighted by molar-refractivity contribution is 9.10. The van der Waals surface area contributed by atoms with E-state index in [4.69, 9.17) is 0 Å². The highest BCUT2D eigenvalue weighted by Crippen LogP contribution is 2.12. The third-order valence-corrected chi connectivity index (χ3v) is 3.24. The van der Waals surface area contributed by atoms with Crippen LogP contribution in [0.5, 0.6) is 0 Å². The van der Waals surface area contributed by atoms with Crippen molar-refractivity contribution in [2.75, 3.05) is 6.54 Å². The Kier molecular flexibility index (Phi) is 4.96. The Labute approximate surface area is 116 Å². The minimum atomic E-state index is 0.848. The quantitative estimate of drug-likeness (QED) is 0.804. The third kappa shape index (κ3) is 3.96. The summed E-state index contributed by atoms with van der Waals surface area (Å²) in [6.07, 6.45) is 3.91. The first-order valence-corrected chi connectivity index (χ1v) is 7.05. The topological polar surface area (TPSA) is 40.7 Å². The molecule has 1 aromatic carbocycles. The van der Waals surface area contributed by atoms with Crippen LogP contribution in [0, 0.1) is 0 Å². The van der Waals surface area contributed by atoms with E-state index in [1.807, 2.05) is 6.20 Å². The molecule has 96 valence electrons. The Morgan fingerprint density at radius 3 is 2.78 bits per heavy atom. The lowest BCUT2D eigenvalue weighted by Crippen LogP contribution is -2.13. The molecule has 0 saturated carbocycles. The van der Waals surface area contributed by atoms with Gasteiger partial charge in [0.15, 0.2) is 0 Å². The first-order valence-electron chi connectivity index (χ1n) is 6.26. The van der Waals surface area contributed by atoms with Crippen LogP contribution in [0.3, 0.4) is 0 Å². The van der Waals surface area contributed by atoms with E-state index >= 15 is 0 Å². The molecule has 0 aliphatic heterocycles. The molecule has 0 radical (unpaired) electrons. The van der Waals surface area contributed by atoms with Crippen LogP contribution < -0.4 is 5.32 Å². The molecular formula is C14H18BrN3. The number of rotatable bonds is 6. The van der Waals surface area contributed by atoms with Crippen molar-refractivity contribution in [1.82, 2.24) is 15.3 Å². The SMILES string of the molecule is CCCNCc1cnc(Cc2ccc(Br)cc2)[nH]1. The Hall–Kier alpha value is -1.13. The maximum absolute atomic E-state index is 4.41. The first kappa shape index (κ1) is 13.3. The summed E-state index contributed by atoms with van der Waals surface area (Å²) in [5.41, 5.74) is 2.41. The zero-order valence-corrected chi connectivity index (χ0v) is 12.1. The number of aromatic amines is 1. The van der Waals surface area contributed by atoms with E-state index in [2.05, 4.69) is 62.4 Å². The fourth-order valence-corrected chi connectivity index (χ4v) is 2.05. The van der Waals surface area contributed by atoms with E-state index < -0.39 is 0 Å². The van der Waals surface area contributed by atoms with E-state index in [0.717, 1.165) is 41.9 Å². The second-order valence-electron chi connectivity index (χ2n) is 4.34. The molecule has 0 saturated heterocycles. The lowest BCUT2D eigenvalue weighted by Gasteiger charge is -2.00. The number of nitrogens with one attached hydrogen (secondary N) is 2. The van der Waals surface area contributed by atoms with Gasteiger partial charge in [0, 0.05) is 29.3 Å². The molecule has 0 bridgehead atoms. The van der Waals surface area contributed by atoms with Crippen LogP contribution in [0.4, 0.5) is 0 Å². The van der Waals surface area contributed by atoms with Gasteiger partial charge in [0.1, 0.15) is 5.82 Å². The van der Waals surface area contributed by atoms with Gasteiger partial charge in [-0.2, -0.15) is 0 Å². The van der Waals surface area contributed by atoms with Crippen LogP contribution in [0.2, 0.25) is 0 Å². The van der Waals surface area contributed by atoms with Gasteiger partial charge in [0.25, 0.3) is 0 Å². The van der Waals surface area contributed by atoms with Crippen molar-refractivity contribution < 1.29 is 0 Å². The second kappa shape index (κ2) is 6.71. The van der Waals surface area contributed by atoms with Crippen molar-refractivity contribution in [3.8, 4) is 0 Å². The fraction of sp³-hybridized carbons (Fsp3) is 0.357. The van der Waals surface area contributed by atoms with E-state index in [1.54, 1.807) is 0 Å². The summed E-state index contributed by atoms with van der Waals surface area (Å²) >= 11 is 3.44. The summed E-state index contributed by atoms with van der Waals surface area (Å²) in [7, 11) is 0. The van der Waals surface area contributed by atoms with E-state index in [9.17, 15) is 0 Å². The largest absolute Gasteiger partial charge is 0.345 e. The average Bonchev–Trinajstić information content (AvgIpc) is 2.80. The van der Waals surface area contributed by atoms with Gasteiger partial charge in [-0.05, 0) is 30.7 Å². The molecule has 2 aromatic rings. The molecule has 2 rings (SSSR count). The maximum atomic E-state index is 4.41. The van der Waals surface area contributed by atoms with Gasteiger partial charge in [-0.25, -0.2) is 4.98 Å². The number of hydrogen-bond acceptors (Lipinski definition) is 2. The molecule has 18 heavy (non-hydrogen) atoms. The molecule has 2 N–H and O–H groups in total. The Morgan fingerprint density at radius 2 is 2.06 bits per heavy atom. The summed E-state index contributed by atoms with van der Waals surface area (Å²) in [4.78, 5) is 7.76. The standard InChI is InChI=1S/C14H18BrN3/c1-2-7-16-9-13-10-17-14(18-13)8-11-3-5-12(15)6-4-11/h3-6,10,16H,2,7-9H2,1H3,(H,17,18). The lowest BCUT2D eigenvalue weighted by atomic mass is 10.1. The van der Waals surface area contributed by atoms with Crippen LogP contribution >= 0.6 is 15.9 Å². The van der Waals surface area contributed by atoms with Crippen LogP contribution in [0.15, 0.2) is 34.9 Å². The van der Waals surface area contributed by atoms with Crippen molar-refractivity contribution in [1.29, 1.82) is 0 Å².